The largest absolute Gasteiger partial charge is 0.452 e. The van der Waals surface area contributed by atoms with Crippen molar-refractivity contribution in [1.29, 1.82) is 0 Å². The highest BCUT2D eigenvalue weighted by atomic mass is 79.9. The Labute approximate surface area is 138 Å². The first-order valence-corrected chi connectivity index (χ1v) is 7.13. The van der Waals surface area contributed by atoms with Crippen molar-refractivity contribution in [1.82, 2.24) is 0 Å². The first-order chi connectivity index (χ1) is 10.9. The van der Waals surface area contributed by atoms with E-state index in [1.165, 1.54) is 18.2 Å². The topological polar surface area (TPSA) is 81.4 Å². The summed E-state index contributed by atoms with van der Waals surface area (Å²) in [4.78, 5) is 23.5. The van der Waals surface area contributed by atoms with Crippen molar-refractivity contribution in [2.75, 3.05) is 17.7 Å². The third kappa shape index (κ3) is 4.49. The lowest BCUT2D eigenvalue weighted by molar-refractivity contribution is -0.119. The summed E-state index contributed by atoms with van der Waals surface area (Å²) in [5.74, 6) is -3.59. The van der Waals surface area contributed by atoms with E-state index in [1.54, 1.807) is 6.07 Å². The highest BCUT2D eigenvalue weighted by Crippen LogP contribution is 2.19. The number of anilines is 2. The van der Waals surface area contributed by atoms with Gasteiger partial charge in [0.05, 0.1) is 5.56 Å². The fraction of sp³-hybridized carbons (Fsp3) is 0.0667. The summed E-state index contributed by atoms with van der Waals surface area (Å²) in [7, 11) is 0. The van der Waals surface area contributed by atoms with Crippen molar-refractivity contribution in [3.05, 3.63) is 58.1 Å². The number of benzene rings is 2. The van der Waals surface area contributed by atoms with Crippen molar-refractivity contribution in [2.45, 2.75) is 0 Å². The van der Waals surface area contributed by atoms with E-state index in [2.05, 4.69) is 21.2 Å². The number of amides is 1. The van der Waals surface area contributed by atoms with Gasteiger partial charge in [0, 0.05) is 21.9 Å². The Hall–Kier alpha value is -2.48. The molecule has 3 N–H and O–H groups in total. The molecular weight excluding hydrogens is 374 g/mol. The van der Waals surface area contributed by atoms with Gasteiger partial charge in [-0.15, -0.1) is 0 Å². The van der Waals surface area contributed by atoms with E-state index in [9.17, 15) is 18.4 Å². The molecule has 0 atom stereocenters. The molecule has 0 aliphatic heterocycles. The molecule has 0 fully saturated rings. The van der Waals surface area contributed by atoms with Gasteiger partial charge < -0.3 is 15.8 Å². The quantitative estimate of drug-likeness (QED) is 0.626. The summed E-state index contributed by atoms with van der Waals surface area (Å²) in [5.41, 5.74) is 6.02. The van der Waals surface area contributed by atoms with Crippen molar-refractivity contribution in [3.63, 3.8) is 0 Å². The zero-order chi connectivity index (χ0) is 17.0. The molecule has 5 nitrogen and oxygen atoms in total. The fourth-order valence-corrected chi connectivity index (χ4v) is 2.05. The average molecular weight is 385 g/mol. The standard InChI is InChI=1S/C15H11BrF2N2O3/c16-8-1-4-13(19)10(5-8)15(22)23-7-14(21)20-9-2-3-11(17)12(18)6-9/h1-6H,7,19H2,(H,20,21). The Morgan fingerprint density at radius 1 is 1.13 bits per heavy atom. The lowest BCUT2D eigenvalue weighted by atomic mass is 10.2. The predicted molar refractivity (Wildman–Crippen MR) is 83.8 cm³/mol. The monoisotopic (exact) mass is 384 g/mol. The number of nitrogens with two attached hydrogens (primary N) is 1. The second-order valence-electron chi connectivity index (χ2n) is 4.48. The molecule has 0 aliphatic carbocycles. The number of carbonyl (C=O) groups is 2. The number of hydrogen-bond acceptors (Lipinski definition) is 4. The zero-order valence-electron chi connectivity index (χ0n) is 11.6. The van der Waals surface area contributed by atoms with Gasteiger partial charge >= 0.3 is 5.97 Å². The van der Waals surface area contributed by atoms with Crippen LogP contribution < -0.4 is 11.1 Å². The van der Waals surface area contributed by atoms with Gasteiger partial charge in [0.15, 0.2) is 18.2 Å². The first-order valence-electron chi connectivity index (χ1n) is 6.34. The summed E-state index contributed by atoms with van der Waals surface area (Å²) < 4.78 is 31.3. The lowest BCUT2D eigenvalue weighted by Gasteiger charge is -2.08. The van der Waals surface area contributed by atoms with Gasteiger partial charge in [-0.1, -0.05) is 15.9 Å². The van der Waals surface area contributed by atoms with E-state index in [4.69, 9.17) is 10.5 Å². The summed E-state index contributed by atoms with van der Waals surface area (Å²) in [6.07, 6.45) is 0. The van der Waals surface area contributed by atoms with E-state index in [-0.39, 0.29) is 16.9 Å². The minimum absolute atomic E-state index is 0.0481. The molecule has 0 aliphatic rings. The SMILES string of the molecule is Nc1ccc(Br)cc1C(=O)OCC(=O)Nc1ccc(F)c(F)c1. The summed E-state index contributed by atoms with van der Waals surface area (Å²) in [5, 5.41) is 2.28. The van der Waals surface area contributed by atoms with Crippen LogP contribution in [0.1, 0.15) is 10.4 Å². The number of nitrogen functional groups attached to an aromatic ring is 1. The highest BCUT2D eigenvalue weighted by molar-refractivity contribution is 9.10. The molecule has 0 saturated heterocycles. The summed E-state index contributed by atoms with van der Waals surface area (Å²) in [6, 6.07) is 7.51. The third-order valence-electron chi connectivity index (χ3n) is 2.77. The van der Waals surface area contributed by atoms with Crippen LogP contribution in [0.3, 0.4) is 0 Å². The van der Waals surface area contributed by atoms with E-state index in [1.807, 2.05) is 0 Å². The smallest absolute Gasteiger partial charge is 0.340 e. The summed E-state index contributed by atoms with van der Waals surface area (Å²) >= 11 is 3.19. The molecule has 0 bridgehead atoms. The maximum absolute atomic E-state index is 13.0. The molecule has 0 radical (unpaired) electrons. The van der Waals surface area contributed by atoms with Gasteiger partial charge in [0.25, 0.3) is 5.91 Å². The van der Waals surface area contributed by atoms with E-state index in [0.717, 1.165) is 12.1 Å². The first kappa shape index (κ1) is 16.9. The summed E-state index contributed by atoms with van der Waals surface area (Å²) in [6.45, 7) is -0.593. The van der Waals surface area contributed by atoms with Crippen molar-refractivity contribution >= 4 is 39.2 Å². The number of ether oxygens (including phenoxy) is 1. The molecule has 0 aromatic heterocycles. The van der Waals surface area contributed by atoms with E-state index in [0.29, 0.717) is 4.47 Å². The van der Waals surface area contributed by atoms with Crippen LogP contribution in [0, 0.1) is 11.6 Å². The fourth-order valence-electron chi connectivity index (χ4n) is 1.69. The van der Waals surface area contributed by atoms with Crippen LogP contribution in [0.2, 0.25) is 0 Å². The van der Waals surface area contributed by atoms with Crippen molar-refractivity contribution in [3.8, 4) is 0 Å². The number of nitrogens with one attached hydrogen (secondary N) is 1. The average Bonchev–Trinajstić information content (AvgIpc) is 2.51. The molecular formula is C15H11BrF2N2O3. The Morgan fingerprint density at radius 2 is 1.87 bits per heavy atom. The maximum atomic E-state index is 13.0. The Morgan fingerprint density at radius 3 is 2.57 bits per heavy atom. The minimum Gasteiger partial charge on any atom is -0.452 e. The van der Waals surface area contributed by atoms with Crippen LogP contribution in [0.25, 0.3) is 0 Å². The number of rotatable bonds is 4. The lowest BCUT2D eigenvalue weighted by Crippen LogP contribution is -2.21. The van der Waals surface area contributed by atoms with Gasteiger partial charge in [0.2, 0.25) is 0 Å². The van der Waals surface area contributed by atoms with Crippen molar-refractivity contribution in [2.24, 2.45) is 0 Å². The molecule has 0 saturated carbocycles. The van der Waals surface area contributed by atoms with Gasteiger partial charge in [-0.05, 0) is 30.3 Å². The van der Waals surface area contributed by atoms with E-state index >= 15 is 0 Å². The third-order valence-corrected chi connectivity index (χ3v) is 3.27. The molecule has 0 spiro atoms. The van der Waals surface area contributed by atoms with Gasteiger partial charge in [0.1, 0.15) is 0 Å². The van der Waals surface area contributed by atoms with Crippen LogP contribution >= 0.6 is 15.9 Å². The van der Waals surface area contributed by atoms with Gasteiger partial charge in [-0.3, -0.25) is 4.79 Å². The number of carbonyl (C=O) groups excluding carboxylic acids is 2. The van der Waals surface area contributed by atoms with Gasteiger partial charge in [-0.25, -0.2) is 13.6 Å². The van der Waals surface area contributed by atoms with Crippen LogP contribution in [-0.4, -0.2) is 18.5 Å². The minimum atomic E-state index is -1.10. The second kappa shape index (κ2) is 7.19. The number of hydrogen-bond donors (Lipinski definition) is 2. The Balaban J connectivity index is 1.94. The predicted octanol–water partition coefficient (Wildman–Crippen LogP) is 3.11. The Bertz CT molecular complexity index is 768. The molecule has 2 aromatic carbocycles. The molecule has 0 unspecified atom stereocenters. The highest BCUT2D eigenvalue weighted by Gasteiger charge is 2.14. The zero-order valence-corrected chi connectivity index (χ0v) is 13.2. The van der Waals surface area contributed by atoms with Crippen LogP contribution in [0.5, 0.6) is 0 Å². The molecule has 2 rings (SSSR count). The molecule has 1 amide bonds. The van der Waals surface area contributed by atoms with Crippen LogP contribution in [0.4, 0.5) is 20.2 Å². The van der Waals surface area contributed by atoms with Crippen LogP contribution in [0.15, 0.2) is 40.9 Å². The maximum Gasteiger partial charge on any atom is 0.340 e. The number of halogens is 3. The Kier molecular flexibility index (Phi) is 5.28. The molecule has 120 valence electrons. The molecule has 0 heterocycles. The van der Waals surface area contributed by atoms with Crippen LogP contribution in [-0.2, 0) is 9.53 Å². The van der Waals surface area contributed by atoms with Crippen molar-refractivity contribution < 1.29 is 23.1 Å². The van der Waals surface area contributed by atoms with Gasteiger partial charge in [-0.2, -0.15) is 0 Å². The molecule has 2 aromatic rings. The normalized spacial score (nSPS) is 10.2. The molecule has 23 heavy (non-hydrogen) atoms. The second-order valence-corrected chi connectivity index (χ2v) is 5.40. The van der Waals surface area contributed by atoms with E-state index < -0.39 is 30.1 Å². The molecule has 8 heteroatoms. The number of esters is 1.